The molecule has 0 fully saturated rings. The van der Waals surface area contributed by atoms with E-state index in [-0.39, 0.29) is 11.5 Å². The first-order chi connectivity index (χ1) is 7.41. The van der Waals surface area contributed by atoms with Crippen LogP contribution in [0.4, 0.5) is 0 Å². The van der Waals surface area contributed by atoms with E-state index in [9.17, 15) is 0 Å². The molecule has 1 aromatic heterocycles. The highest BCUT2D eigenvalue weighted by Gasteiger charge is 2.20. The molecule has 0 aliphatic carbocycles. The molecule has 1 N–H and O–H groups in total. The largest absolute Gasteiger partial charge is 0.468 e. The Bertz CT molecular complexity index is 291. The quantitative estimate of drug-likeness (QED) is 0.805. The van der Waals surface area contributed by atoms with Crippen LogP contribution in [0.1, 0.15) is 32.6 Å². The summed E-state index contributed by atoms with van der Waals surface area (Å²) < 4.78 is 5.37. The molecule has 1 unspecified atom stereocenters. The van der Waals surface area contributed by atoms with Crippen molar-refractivity contribution in [2.45, 2.75) is 26.8 Å². The van der Waals surface area contributed by atoms with E-state index in [1.807, 2.05) is 12.1 Å². The lowest BCUT2D eigenvalue weighted by Crippen LogP contribution is -2.38. The molecule has 0 spiro atoms. The Morgan fingerprint density at radius 3 is 2.62 bits per heavy atom. The first-order valence-corrected chi connectivity index (χ1v) is 5.82. The molecule has 92 valence electrons. The van der Waals surface area contributed by atoms with Crippen molar-refractivity contribution in [2.24, 2.45) is 5.41 Å². The number of hydrogen-bond donors (Lipinski definition) is 1. The monoisotopic (exact) mass is 224 g/mol. The maximum atomic E-state index is 5.37. The van der Waals surface area contributed by atoms with Gasteiger partial charge in [0.25, 0.3) is 0 Å². The van der Waals surface area contributed by atoms with E-state index in [1.165, 1.54) is 0 Å². The normalized spacial score (nSPS) is 14.4. The molecule has 0 saturated heterocycles. The molecule has 1 aromatic rings. The van der Waals surface area contributed by atoms with Crippen LogP contribution in [0.15, 0.2) is 22.8 Å². The van der Waals surface area contributed by atoms with Gasteiger partial charge in [0.2, 0.25) is 0 Å². The number of nitrogens with one attached hydrogen (secondary N) is 1. The van der Waals surface area contributed by atoms with Gasteiger partial charge in [-0.2, -0.15) is 0 Å². The zero-order valence-corrected chi connectivity index (χ0v) is 11.1. The van der Waals surface area contributed by atoms with Crippen LogP contribution < -0.4 is 5.32 Å². The SMILES string of the molecule is CC(NCC(C)(C)CN(C)C)c1ccco1. The minimum atomic E-state index is 0.268. The Hall–Kier alpha value is -0.800. The minimum absolute atomic E-state index is 0.268. The highest BCUT2D eigenvalue weighted by Crippen LogP contribution is 2.18. The van der Waals surface area contributed by atoms with Gasteiger partial charge in [-0.1, -0.05) is 13.8 Å². The molecule has 0 aliphatic rings. The van der Waals surface area contributed by atoms with Crippen molar-refractivity contribution < 1.29 is 4.42 Å². The van der Waals surface area contributed by atoms with Gasteiger partial charge in [-0.3, -0.25) is 0 Å². The molecule has 0 bridgehead atoms. The summed E-state index contributed by atoms with van der Waals surface area (Å²) in [6.07, 6.45) is 1.72. The third-order valence-corrected chi connectivity index (χ3v) is 2.60. The van der Waals surface area contributed by atoms with E-state index in [1.54, 1.807) is 6.26 Å². The zero-order valence-electron chi connectivity index (χ0n) is 11.1. The van der Waals surface area contributed by atoms with Gasteiger partial charge >= 0.3 is 0 Å². The van der Waals surface area contributed by atoms with Crippen LogP contribution in [0.5, 0.6) is 0 Å². The predicted molar refractivity (Wildman–Crippen MR) is 67.5 cm³/mol. The van der Waals surface area contributed by atoms with E-state index >= 15 is 0 Å². The summed E-state index contributed by atoms with van der Waals surface area (Å²) in [5, 5.41) is 3.51. The zero-order chi connectivity index (χ0) is 12.2. The summed E-state index contributed by atoms with van der Waals surface area (Å²) in [5.41, 5.74) is 0.268. The van der Waals surface area contributed by atoms with Gasteiger partial charge < -0.3 is 14.6 Å². The second kappa shape index (κ2) is 5.51. The number of hydrogen-bond acceptors (Lipinski definition) is 3. The van der Waals surface area contributed by atoms with Crippen LogP contribution in [0.25, 0.3) is 0 Å². The van der Waals surface area contributed by atoms with Crippen molar-refractivity contribution in [3.05, 3.63) is 24.2 Å². The van der Waals surface area contributed by atoms with E-state index < -0.39 is 0 Å². The number of nitrogens with zero attached hydrogens (tertiary/aromatic N) is 1. The summed E-state index contributed by atoms with van der Waals surface area (Å²) in [5.74, 6) is 1.00. The van der Waals surface area contributed by atoms with Crippen LogP contribution in [0, 0.1) is 5.41 Å². The maximum absolute atomic E-state index is 5.37. The Morgan fingerprint density at radius 1 is 1.44 bits per heavy atom. The second-order valence-electron chi connectivity index (χ2n) is 5.52. The molecule has 3 nitrogen and oxygen atoms in total. The van der Waals surface area contributed by atoms with Crippen molar-refractivity contribution in [2.75, 3.05) is 27.2 Å². The summed E-state index contributed by atoms with van der Waals surface area (Å²) in [6.45, 7) is 8.73. The number of rotatable bonds is 6. The lowest BCUT2D eigenvalue weighted by molar-refractivity contribution is 0.223. The van der Waals surface area contributed by atoms with Gasteiger partial charge in [0.1, 0.15) is 5.76 Å². The lowest BCUT2D eigenvalue weighted by atomic mass is 9.92. The first-order valence-electron chi connectivity index (χ1n) is 5.82. The fourth-order valence-electron chi connectivity index (χ4n) is 1.98. The summed E-state index contributed by atoms with van der Waals surface area (Å²) in [4.78, 5) is 2.22. The Labute approximate surface area is 98.8 Å². The van der Waals surface area contributed by atoms with Gasteiger partial charge in [-0.25, -0.2) is 0 Å². The van der Waals surface area contributed by atoms with Gasteiger partial charge in [-0.15, -0.1) is 0 Å². The van der Waals surface area contributed by atoms with Crippen LogP contribution in [0.2, 0.25) is 0 Å². The third kappa shape index (κ3) is 4.37. The molecule has 0 amide bonds. The average molecular weight is 224 g/mol. The average Bonchev–Trinajstić information content (AvgIpc) is 2.64. The molecular weight excluding hydrogens is 200 g/mol. The van der Waals surface area contributed by atoms with E-state index in [2.05, 4.69) is 45.1 Å². The fraction of sp³-hybridized carbons (Fsp3) is 0.692. The molecule has 0 aromatic carbocycles. The highest BCUT2D eigenvalue weighted by atomic mass is 16.3. The van der Waals surface area contributed by atoms with E-state index in [4.69, 9.17) is 4.42 Å². The van der Waals surface area contributed by atoms with Gasteiger partial charge in [-0.05, 0) is 38.6 Å². The van der Waals surface area contributed by atoms with Crippen molar-refractivity contribution in [1.82, 2.24) is 10.2 Å². The second-order valence-corrected chi connectivity index (χ2v) is 5.52. The maximum Gasteiger partial charge on any atom is 0.120 e. The molecule has 1 heterocycles. The Balaban J connectivity index is 2.39. The molecule has 0 aliphatic heterocycles. The van der Waals surface area contributed by atoms with Crippen molar-refractivity contribution in [3.63, 3.8) is 0 Å². The van der Waals surface area contributed by atoms with Crippen LogP contribution in [0.3, 0.4) is 0 Å². The summed E-state index contributed by atoms with van der Waals surface area (Å²) >= 11 is 0. The van der Waals surface area contributed by atoms with Crippen LogP contribution in [-0.2, 0) is 0 Å². The Kier molecular flexibility index (Phi) is 4.56. The van der Waals surface area contributed by atoms with Gasteiger partial charge in [0.15, 0.2) is 0 Å². The van der Waals surface area contributed by atoms with Crippen LogP contribution >= 0.6 is 0 Å². The lowest BCUT2D eigenvalue weighted by Gasteiger charge is -2.29. The molecule has 1 rings (SSSR count). The molecule has 0 radical (unpaired) electrons. The van der Waals surface area contributed by atoms with E-state index in [0.29, 0.717) is 0 Å². The van der Waals surface area contributed by atoms with E-state index in [0.717, 1.165) is 18.8 Å². The van der Waals surface area contributed by atoms with Crippen LogP contribution in [-0.4, -0.2) is 32.1 Å². The number of furan rings is 1. The standard InChI is InChI=1S/C13H24N2O/c1-11(12-7-6-8-16-12)14-9-13(2,3)10-15(4)5/h6-8,11,14H,9-10H2,1-5H3. The third-order valence-electron chi connectivity index (χ3n) is 2.60. The Morgan fingerprint density at radius 2 is 2.12 bits per heavy atom. The fourth-order valence-corrected chi connectivity index (χ4v) is 1.98. The molecule has 1 atom stereocenters. The smallest absolute Gasteiger partial charge is 0.120 e. The van der Waals surface area contributed by atoms with Crippen molar-refractivity contribution in [3.8, 4) is 0 Å². The molecule has 3 heteroatoms. The molecule has 16 heavy (non-hydrogen) atoms. The van der Waals surface area contributed by atoms with Crippen molar-refractivity contribution >= 4 is 0 Å². The first kappa shape index (κ1) is 13.3. The topological polar surface area (TPSA) is 28.4 Å². The molecule has 0 saturated carbocycles. The predicted octanol–water partition coefficient (Wildman–Crippen LogP) is 2.52. The minimum Gasteiger partial charge on any atom is -0.468 e. The molecular formula is C13H24N2O. The summed E-state index contributed by atoms with van der Waals surface area (Å²) in [6, 6.07) is 4.21. The summed E-state index contributed by atoms with van der Waals surface area (Å²) in [7, 11) is 4.22. The highest BCUT2D eigenvalue weighted by molar-refractivity contribution is 5.03. The van der Waals surface area contributed by atoms with Gasteiger partial charge in [0.05, 0.1) is 12.3 Å². The van der Waals surface area contributed by atoms with Crippen molar-refractivity contribution in [1.29, 1.82) is 0 Å². The van der Waals surface area contributed by atoms with Gasteiger partial charge in [0, 0.05) is 13.1 Å².